The minimum Gasteiger partial charge on any atom is -0.345 e. The molecule has 264 valence electrons. The Labute approximate surface area is 289 Å². The van der Waals surface area contributed by atoms with Crippen LogP contribution in [0.2, 0.25) is 0 Å². The Morgan fingerprint density at radius 1 is 0.640 bits per heavy atom. The van der Waals surface area contributed by atoms with Crippen molar-refractivity contribution in [3.05, 3.63) is 48.6 Å². The summed E-state index contributed by atoms with van der Waals surface area (Å²) in [5.41, 5.74) is 5.04. The summed E-state index contributed by atoms with van der Waals surface area (Å²) in [6, 6.07) is 3.97. The molecule has 0 aromatic carbocycles. The lowest BCUT2D eigenvalue weighted by Crippen LogP contribution is -2.18. The number of H-pyrrole nitrogens is 2. The van der Waals surface area contributed by atoms with Gasteiger partial charge in [0.1, 0.15) is 11.6 Å². The number of hydrogen-bond donors (Lipinski definition) is 2. The van der Waals surface area contributed by atoms with Crippen molar-refractivity contribution in [1.82, 2.24) is 49.1 Å². The van der Waals surface area contributed by atoms with Crippen molar-refractivity contribution in [1.29, 1.82) is 0 Å². The summed E-state index contributed by atoms with van der Waals surface area (Å²) in [5.74, 6) is 4.23. The van der Waals surface area contributed by atoms with Gasteiger partial charge in [0.25, 0.3) is 0 Å². The molecule has 0 saturated heterocycles. The number of aromatic amines is 2. The van der Waals surface area contributed by atoms with Crippen molar-refractivity contribution in [3.8, 4) is 0 Å². The second kappa shape index (κ2) is 11.8. The smallest absolute Gasteiger partial charge is 0.179 e. The molecule has 0 radical (unpaired) electrons. The number of fused-ring (bicyclic) bond motifs is 6. The molecule has 4 saturated carbocycles. The summed E-state index contributed by atoms with van der Waals surface area (Å²) in [7, 11) is -5.82. The number of nitrogens with one attached hydrogen (secondary N) is 2. The van der Waals surface area contributed by atoms with Crippen molar-refractivity contribution in [2.75, 3.05) is 11.5 Å². The minimum absolute atomic E-state index is 0.0682. The average Bonchev–Trinajstić information content (AvgIpc) is 3.75. The molecule has 0 amide bonds. The normalized spacial score (nSPS) is 27.5. The van der Waals surface area contributed by atoms with Gasteiger partial charge in [-0.15, -0.1) is 20.4 Å². The van der Waals surface area contributed by atoms with E-state index in [-0.39, 0.29) is 34.2 Å². The predicted molar refractivity (Wildman–Crippen MR) is 188 cm³/mol. The van der Waals surface area contributed by atoms with Crippen molar-refractivity contribution in [2.24, 2.45) is 23.7 Å². The van der Waals surface area contributed by atoms with Gasteiger partial charge in [-0.05, 0) is 87.2 Å². The summed E-state index contributed by atoms with van der Waals surface area (Å²) in [5, 5.41) is 17.3. The Morgan fingerprint density at radius 2 is 1.06 bits per heavy atom. The standard InChI is InChI=1S/2C17H21N5O2S/c2*1-10-6-11(9-25(23,24)12-2-3-12)7-13(10)17-21-20-15-8-19-16-14(22(15)17)4-5-18-16/h2*4-5,8,10-13,18H,2-3,6-7,9H2,1H3/t2*10-,11+,13+/m10/s1. The van der Waals surface area contributed by atoms with E-state index in [0.717, 1.165) is 96.6 Å². The molecule has 0 spiro atoms. The minimum atomic E-state index is -2.91. The summed E-state index contributed by atoms with van der Waals surface area (Å²) >= 11 is 0. The summed E-state index contributed by atoms with van der Waals surface area (Å²) < 4.78 is 53.6. The van der Waals surface area contributed by atoms with Crippen molar-refractivity contribution in [3.63, 3.8) is 0 Å². The highest BCUT2D eigenvalue weighted by atomic mass is 32.2. The predicted octanol–water partition coefficient (Wildman–Crippen LogP) is 4.63. The van der Waals surface area contributed by atoms with Gasteiger partial charge in [-0.2, -0.15) is 0 Å². The molecule has 14 nitrogen and oxygen atoms in total. The Morgan fingerprint density at radius 3 is 1.46 bits per heavy atom. The fourth-order valence-electron chi connectivity index (χ4n) is 8.81. The van der Waals surface area contributed by atoms with Gasteiger partial charge in [0, 0.05) is 24.2 Å². The van der Waals surface area contributed by atoms with E-state index in [0.29, 0.717) is 23.3 Å². The number of rotatable bonds is 8. The van der Waals surface area contributed by atoms with Gasteiger partial charge >= 0.3 is 0 Å². The Kier molecular flexibility index (Phi) is 7.57. The van der Waals surface area contributed by atoms with Crippen molar-refractivity contribution >= 4 is 53.3 Å². The number of sulfone groups is 2. The van der Waals surface area contributed by atoms with Crippen LogP contribution in [0.4, 0.5) is 0 Å². The first-order valence-electron chi connectivity index (χ1n) is 17.8. The highest BCUT2D eigenvalue weighted by Gasteiger charge is 2.43. The van der Waals surface area contributed by atoms with Crippen molar-refractivity contribution < 1.29 is 16.8 Å². The van der Waals surface area contributed by atoms with Gasteiger partial charge in [-0.3, -0.25) is 8.80 Å². The SMILES string of the molecule is C[C@@H]1C[C@H](CS(=O)(=O)C2CC2)C[C@@H]1c1nnc2cnc3[nH]ccc3n12.C[C@H]1C[C@@H](CS(=O)(=O)C2CC2)C[C@H]1c1nnc2cnc3[nH]ccc3n12. The van der Waals surface area contributed by atoms with Crippen LogP contribution < -0.4 is 0 Å². The second-order valence-electron chi connectivity index (χ2n) is 15.3. The molecular weight excluding hydrogens is 677 g/mol. The second-order valence-corrected chi connectivity index (χ2v) is 20.0. The lowest BCUT2D eigenvalue weighted by Gasteiger charge is -2.13. The molecule has 50 heavy (non-hydrogen) atoms. The third-order valence-electron chi connectivity index (χ3n) is 11.6. The molecule has 4 aliphatic carbocycles. The van der Waals surface area contributed by atoms with Crippen LogP contribution >= 0.6 is 0 Å². The third-order valence-corrected chi connectivity index (χ3v) is 16.4. The van der Waals surface area contributed by atoms with Gasteiger partial charge in [0.15, 0.2) is 42.3 Å². The molecule has 6 heterocycles. The number of aromatic nitrogens is 10. The highest BCUT2D eigenvalue weighted by molar-refractivity contribution is 7.92. The Hall–Kier alpha value is -3.92. The first kappa shape index (κ1) is 32.0. The molecule has 6 atom stereocenters. The zero-order valence-electron chi connectivity index (χ0n) is 28.2. The number of hydrogen-bond acceptors (Lipinski definition) is 10. The van der Waals surface area contributed by atoms with E-state index < -0.39 is 19.7 Å². The van der Waals surface area contributed by atoms with Crippen LogP contribution in [0.25, 0.3) is 33.6 Å². The van der Waals surface area contributed by atoms with Gasteiger partial charge in [-0.1, -0.05) is 13.8 Å². The Balaban J connectivity index is 0.000000135. The topological polar surface area (TPSA) is 186 Å². The molecule has 4 aliphatic rings. The number of nitrogens with zero attached hydrogens (tertiary/aromatic N) is 8. The highest BCUT2D eigenvalue weighted by Crippen LogP contribution is 2.46. The van der Waals surface area contributed by atoms with Gasteiger partial charge in [0.2, 0.25) is 0 Å². The van der Waals surface area contributed by atoms with Crippen LogP contribution in [0.5, 0.6) is 0 Å². The summed E-state index contributed by atoms with van der Waals surface area (Å²) in [6.07, 6.45) is 14.2. The molecule has 10 rings (SSSR count). The molecule has 0 aliphatic heterocycles. The van der Waals surface area contributed by atoms with Crippen LogP contribution in [0.15, 0.2) is 36.9 Å². The van der Waals surface area contributed by atoms with Crippen LogP contribution in [-0.4, -0.2) is 88.0 Å². The zero-order valence-corrected chi connectivity index (χ0v) is 29.8. The Bertz CT molecular complexity index is 2270. The van der Waals surface area contributed by atoms with E-state index in [4.69, 9.17) is 0 Å². The fraction of sp³-hybridized carbons (Fsp3) is 0.588. The molecular formula is C34H42N10O4S2. The van der Waals surface area contributed by atoms with E-state index in [1.807, 2.05) is 24.5 Å². The molecule has 6 aromatic rings. The van der Waals surface area contributed by atoms with Crippen LogP contribution in [0, 0.1) is 23.7 Å². The van der Waals surface area contributed by atoms with E-state index >= 15 is 0 Å². The van der Waals surface area contributed by atoms with Crippen molar-refractivity contribution in [2.45, 2.75) is 87.5 Å². The van der Waals surface area contributed by atoms with E-state index in [1.54, 1.807) is 12.4 Å². The first-order chi connectivity index (χ1) is 24.1. The van der Waals surface area contributed by atoms with Crippen LogP contribution in [0.3, 0.4) is 0 Å². The van der Waals surface area contributed by atoms with E-state index in [2.05, 4.69) is 63.0 Å². The molecule has 6 aromatic heterocycles. The molecule has 0 bridgehead atoms. The van der Waals surface area contributed by atoms with Crippen LogP contribution in [-0.2, 0) is 19.7 Å². The van der Waals surface area contributed by atoms with E-state index in [1.165, 1.54) is 0 Å². The van der Waals surface area contributed by atoms with Gasteiger partial charge < -0.3 is 9.97 Å². The first-order valence-corrected chi connectivity index (χ1v) is 21.3. The van der Waals surface area contributed by atoms with Gasteiger partial charge in [-0.25, -0.2) is 26.8 Å². The lowest BCUT2D eigenvalue weighted by atomic mass is 9.97. The van der Waals surface area contributed by atoms with Gasteiger partial charge in [0.05, 0.1) is 45.4 Å². The van der Waals surface area contributed by atoms with Crippen LogP contribution in [0.1, 0.15) is 88.7 Å². The third kappa shape index (κ3) is 5.67. The average molecular weight is 719 g/mol. The van der Waals surface area contributed by atoms with E-state index in [9.17, 15) is 16.8 Å². The fourth-order valence-corrected chi connectivity index (χ4v) is 12.9. The summed E-state index contributed by atoms with van der Waals surface area (Å²) in [6.45, 7) is 4.40. The quantitative estimate of drug-likeness (QED) is 0.225. The maximum atomic E-state index is 12.4. The maximum absolute atomic E-state index is 12.4. The lowest BCUT2D eigenvalue weighted by molar-refractivity contribution is 0.504. The molecule has 2 N–H and O–H groups in total. The largest absolute Gasteiger partial charge is 0.345 e. The maximum Gasteiger partial charge on any atom is 0.179 e. The molecule has 16 heteroatoms. The molecule has 0 unspecified atom stereocenters. The zero-order chi connectivity index (χ0) is 34.4. The molecule has 4 fully saturated rings. The monoisotopic (exact) mass is 718 g/mol. The summed E-state index contributed by atoms with van der Waals surface area (Å²) in [4.78, 5) is 15.0.